The summed E-state index contributed by atoms with van der Waals surface area (Å²) in [6.45, 7) is 0.422. The Balaban J connectivity index is 1.44. The van der Waals surface area contributed by atoms with Crippen molar-refractivity contribution in [2.24, 2.45) is 0 Å². The van der Waals surface area contributed by atoms with Gasteiger partial charge in [0.15, 0.2) is 11.5 Å². The molecule has 35 heavy (non-hydrogen) atoms. The second-order valence-electron chi connectivity index (χ2n) is 7.75. The van der Waals surface area contributed by atoms with Gasteiger partial charge in [0, 0.05) is 22.8 Å². The molecule has 176 valence electrons. The molecule has 1 aliphatic heterocycles. The monoisotopic (exact) mass is 505 g/mol. The van der Waals surface area contributed by atoms with Crippen LogP contribution in [0.1, 0.15) is 31.2 Å². The van der Waals surface area contributed by atoms with Crippen LogP contribution in [0.3, 0.4) is 0 Å². The van der Waals surface area contributed by atoms with E-state index in [0.717, 1.165) is 22.6 Å². The fraction of sp³-hybridized carbons (Fsp3) is 0.0769. The summed E-state index contributed by atoms with van der Waals surface area (Å²) >= 11 is 7.10. The normalized spacial score (nSPS) is 11.8. The third-order valence-electron chi connectivity index (χ3n) is 5.41. The number of carbonyl (C=O) groups is 2. The van der Waals surface area contributed by atoms with E-state index in [2.05, 4.69) is 10.6 Å². The van der Waals surface area contributed by atoms with Crippen LogP contribution in [0, 0.1) is 0 Å². The third-order valence-corrected chi connectivity index (χ3v) is 6.78. The first-order chi connectivity index (χ1) is 17.0. The lowest BCUT2D eigenvalue weighted by atomic mass is 10.1. The first kappa shape index (κ1) is 22.8. The predicted octanol–water partition coefficient (Wildman–Crippen LogP) is 5.62. The molecule has 4 aromatic rings. The summed E-state index contributed by atoms with van der Waals surface area (Å²) in [5, 5.41) is 7.13. The number of ether oxygens (including phenoxy) is 2. The Labute approximate surface area is 210 Å². The second-order valence-corrected chi connectivity index (χ2v) is 9.20. The van der Waals surface area contributed by atoms with Gasteiger partial charge in [-0.05, 0) is 54.1 Å². The van der Waals surface area contributed by atoms with Gasteiger partial charge in [-0.1, -0.05) is 35.9 Å². The number of ketones is 1. The number of nitrogens with one attached hydrogen (secondary N) is 2. The van der Waals surface area contributed by atoms with Crippen LogP contribution < -0.4 is 25.8 Å². The van der Waals surface area contributed by atoms with Crippen molar-refractivity contribution >= 4 is 51.0 Å². The summed E-state index contributed by atoms with van der Waals surface area (Å²) in [5.74, 6) is 0.621. The van der Waals surface area contributed by atoms with Crippen molar-refractivity contribution < 1.29 is 19.1 Å². The number of carbonyl (C=O) groups excluding carboxylic acids is 2. The molecule has 0 spiro atoms. The maximum absolute atomic E-state index is 13.3. The summed E-state index contributed by atoms with van der Waals surface area (Å²) in [7, 11) is 0. The van der Waals surface area contributed by atoms with Crippen molar-refractivity contribution in [1.82, 2.24) is 5.32 Å². The van der Waals surface area contributed by atoms with Crippen LogP contribution in [0.5, 0.6) is 11.5 Å². The molecule has 0 fully saturated rings. The van der Waals surface area contributed by atoms with E-state index in [1.807, 2.05) is 42.5 Å². The lowest BCUT2D eigenvalue weighted by Crippen LogP contribution is -2.24. The average molecular weight is 506 g/mol. The number of nitrogens with two attached hydrogens (primary N) is 1. The number of hydrogen-bond acceptors (Lipinski definition) is 7. The number of benzene rings is 3. The Hall–Kier alpha value is -4.01. The van der Waals surface area contributed by atoms with E-state index >= 15 is 0 Å². The van der Waals surface area contributed by atoms with Crippen LogP contribution in [0.25, 0.3) is 0 Å². The van der Waals surface area contributed by atoms with Gasteiger partial charge in [-0.2, -0.15) is 0 Å². The van der Waals surface area contributed by atoms with Crippen molar-refractivity contribution in [1.29, 1.82) is 0 Å². The van der Waals surface area contributed by atoms with Crippen LogP contribution in [0.4, 0.5) is 16.4 Å². The molecule has 4 N–H and O–H groups in total. The molecule has 0 unspecified atom stereocenters. The highest BCUT2D eigenvalue weighted by molar-refractivity contribution is 7.19. The Morgan fingerprint density at radius 1 is 0.971 bits per heavy atom. The van der Waals surface area contributed by atoms with Gasteiger partial charge in [0.2, 0.25) is 12.6 Å². The molecule has 0 saturated carbocycles. The highest BCUT2D eigenvalue weighted by atomic mass is 35.5. The molecule has 0 aliphatic carbocycles. The molecular weight excluding hydrogens is 486 g/mol. The number of thiophene rings is 1. The van der Waals surface area contributed by atoms with E-state index in [4.69, 9.17) is 26.8 Å². The Morgan fingerprint density at radius 2 is 1.71 bits per heavy atom. The Bertz CT molecular complexity index is 1400. The van der Waals surface area contributed by atoms with E-state index in [0.29, 0.717) is 27.1 Å². The average Bonchev–Trinajstić information content (AvgIpc) is 3.47. The van der Waals surface area contributed by atoms with Gasteiger partial charge >= 0.3 is 0 Å². The minimum atomic E-state index is -0.398. The molecular formula is C26H20ClN3O4S. The molecule has 1 amide bonds. The zero-order valence-electron chi connectivity index (χ0n) is 18.3. The lowest BCUT2D eigenvalue weighted by molar-refractivity contribution is 0.0953. The Kier molecular flexibility index (Phi) is 6.31. The summed E-state index contributed by atoms with van der Waals surface area (Å²) in [6, 6.07) is 21.4. The highest BCUT2D eigenvalue weighted by Gasteiger charge is 2.26. The summed E-state index contributed by atoms with van der Waals surface area (Å²) < 4.78 is 10.7. The smallest absolute Gasteiger partial charge is 0.256 e. The van der Waals surface area contributed by atoms with E-state index in [-0.39, 0.29) is 35.2 Å². The fourth-order valence-electron chi connectivity index (χ4n) is 3.63. The fourth-order valence-corrected chi connectivity index (χ4v) is 4.86. The molecule has 0 saturated heterocycles. The largest absolute Gasteiger partial charge is 0.454 e. The van der Waals surface area contributed by atoms with Crippen molar-refractivity contribution in [3.8, 4) is 11.5 Å². The van der Waals surface area contributed by atoms with Gasteiger partial charge in [-0.15, -0.1) is 11.3 Å². The van der Waals surface area contributed by atoms with Crippen LogP contribution in [-0.2, 0) is 6.54 Å². The van der Waals surface area contributed by atoms with Gasteiger partial charge in [0.25, 0.3) is 5.91 Å². The standard InChI is InChI=1S/C26H20ClN3O4S/c27-17-9-7-16(8-10-17)23(31)24-22(28)21(26(35-24)30-18-4-2-1-3-5-18)25(32)29-13-15-6-11-19-20(12-15)34-14-33-19/h1-12,30H,13-14,28H2,(H,29,32). The highest BCUT2D eigenvalue weighted by Crippen LogP contribution is 2.39. The van der Waals surface area contributed by atoms with E-state index in [9.17, 15) is 9.59 Å². The first-order valence-corrected chi connectivity index (χ1v) is 11.9. The SMILES string of the molecule is Nc1c(C(=O)c2ccc(Cl)cc2)sc(Nc2ccccc2)c1C(=O)NCc1ccc2c(c1)OCO2. The van der Waals surface area contributed by atoms with Crippen molar-refractivity contribution in [2.45, 2.75) is 6.54 Å². The van der Waals surface area contributed by atoms with Crippen molar-refractivity contribution in [3.05, 3.63) is 99.4 Å². The number of para-hydroxylation sites is 1. The summed E-state index contributed by atoms with van der Waals surface area (Å²) in [4.78, 5) is 26.8. The molecule has 3 aromatic carbocycles. The quantitative estimate of drug-likeness (QED) is 0.282. The van der Waals surface area contributed by atoms with Crippen molar-refractivity contribution in [3.63, 3.8) is 0 Å². The van der Waals surface area contributed by atoms with Gasteiger partial charge in [-0.25, -0.2) is 0 Å². The van der Waals surface area contributed by atoms with Gasteiger partial charge < -0.3 is 25.8 Å². The van der Waals surface area contributed by atoms with Gasteiger partial charge in [0.1, 0.15) is 9.88 Å². The number of hydrogen-bond donors (Lipinski definition) is 3. The minimum Gasteiger partial charge on any atom is -0.454 e. The van der Waals surface area contributed by atoms with E-state index < -0.39 is 5.91 Å². The van der Waals surface area contributed by atoms with Crippen LogP contribution in [0.15, 0.2) is 72.8 Å². The maximum Gasteiger partial charge on any atom is 0.256 e. The summed E-state index contributed by atoms with van der Waals surface area (Å²) in [6.07, 6.45) is 0. The zero-order valence-corrected chi connectivity index (χ0v) is 19.9. The first-order valence-electron chi connectivity index (χ1n) is 10.7. The molecule has 0 radical (unpaired) electrons. The van der Waals surface area contributed by atoms with Gasteiger partial charge in [-0.3, -0.25) is 9.59 Å². The predicted molar refractivity (Wildman–Crippen MR) is 137 cm³/mol. The van der Waals surface area contributed by atoms with E-state index in [1.165, 1.54) is 0 Å². The van der Waals surface area contributed by atoms with Crippen LogP contribution in [0.2, 0.25) is 5.02 Å². The number of anilines is 3. The maximum atomic E-state index is 13.3. The molecule has 2 heterocycles. The number of fused-ring (bicyclic) bond motifs is 1. The number of amides is 1. The lowest BCUT2D eigenvalue weighted by Gasteiger charge is -2.10. The van der Waals surface area contributed by atoms with Crippen LogP contribution in [-0.4, -0.2) is 18.5 Å². The van der Waals surface area contributed by atoms with E-state index in [1.54, 1.807) is 30.3 Å². The number of halogens is 1. The number of rotatable bonds is 7. The molecule has 5 rings (SSSR count). The molecule has 1 aromatic heterocycles. The molecule has 0 bridgehead atoms. The zero-order chi connectivity index (χ0) is 24.4. The Morgan fingerprint density at radius 3 is 2.49 bits per heavy atom. The molecule has 1 aliphatic rings. The van der Waals surface area contributed by atoms with Crippen LogP contribution >= 0.6 is 22.9 Å². The number of nitrogen functional groups attached to an aromatic ring is 1. The minimum absolute atomic E-state index is 0.122. The second kappa shape index (κ2) is 9.69. The van der Waals surface area contributed by atoms with Crippen molar-refractivity contribution in [2.75, 3.05) is 17.8 Å². The molecule has 9 heteroatoms. The molecule has 7 nitrogen and oxygen atoms in total. The molecule has 0 atom stereocenters. The third kappa shape index (κ3) is 4.80. The van der Waals surface area contributed by atoms with Gasteiger partial charge in [0.05, 0.1) is 11.3 Å². The topological polar surface area (TPSA) is 103 Å². The summed E-state index contributed by atoms with van der Waals surface area (Å²) in [5.41, 5.74) is 8.78.